The highest BCUT2D eigenvalue weighted by molar-refractivity contribution is 7.10. The van der Waals surface area contributed by atoms with Gasteiger partial charge in [-0.15, -0.1) is 11.3 Å². The summed E-state index contributed by atoms with van der Waals surface area (Å²) in [6, 6.07) is 1.95. The van der Waals surface area contributed by atoms with Crippen molar-refractivity contribution in [3.05, 3.63) is 21.9 Å². The summed E-state index contributed by atoms with van der Waals surface area (Å²) in [5.74, 6) is -0.198. The first-order valence-corrected chi connectivity index (χ1v) is 4.98. The van der Waals surface area contributed by atoms with Crippen molar-refractivity contribution in [3.63, 3.8) is 0 Å². The minimum absolute atomic E-state index is 0.198. The van der Waals surface area contributed by atoms with Gasteiger partial charge in [0, 0.05) is 4.88 Å². The highest BCUT2D eigenvalue weighted by Crippen LogP contribution is 2.17. The fraction of sp³-hybridized carbons (Fsp3) is 0.444. The Bertz CT molecular complexity index is 283. The lowest BCUT2D eigenvalue weighted by Crippen LogP contribution is -2.07. The minimum Gasteiger partial charge on any atom is -0.469 e. The van der Waals surface area contributed by atoms with Gasteiger partial charge in [-0.1, -0.05) is 0 Å². The minimum atomic E-state index is -0.198. The molecule has 0 saturated carbocycles. The van der Waals surface area contributed by atoms with Crippen LogP contribution in [-0.4, -0.2) is 19.6 Å². The highest BCUT2D eigenvalue weighted by Gasteiger charge is 2.08. The number of methoxy groups -OCH3 is 1. The Balaban J connectivity index is 2.64. The molecule has 0 atom stereocenters. The highest BCUT2D eigenvalue weighted by atomic mass is 32.1. The van der Waals surface area contributed by atoms with Crippen LogP contribution in [0.15, 0.2) is 11.4 Å². The van der Waals surface area contributed by atoms with Crippen LogP contribution in [-0.2, 0) is 22.4 Å². The fourth-order valence-electron chi connectivity index (χ4n) is 1.10. The van der Waals surface area contributed by atoms with Crippen LogP contribution in [0.1, 0.15) is 10.4 Å². The number of carbonyl (C=O) groups excluding carboxylic acids is 1. The summed E-state index contributed by atoms with van der Waals surface area (Å²) < 4.78 is 4.59. The van der Waals surface area contributed by atoms with Crippen LogP contribution < -0.4 is 5.73 Å². The van der Waals surface area contributed by atoms with Crippen molar-refractivity contribution in [1.29, 1.82) is 0 Å². The van der Waals surface area contributed by atoms with Gasteiger partial charge in [0.15, 0.2) is 0 Å². The maximum atomic E-state index is 11.0. The number of thiophene rings is 1. The van der Waals surface area contributed by atoms with Gasteiger partial charge in [-0.05, 0) is 30.0 Å². The second kappa shape index (κ2) is 4.99. The third kappa shape index (κ3) is 2.82. The molecule has 2 N–H and O–H groups in total. The molecular formula is C9H13NO2S. The van der Waals surface area contributed by atoms with Gasteiger partial charge in [-0.25, -0.2) is 0 Å². The van der Waals surface area contributed by atoms with Crippen molar-refractivity contribution < 1.29 is 9.53 Å². The average Bonchev–Trinajstić information content (AvgIpc) is 2.54. The number of hydrogen-bond acceptors (Lipinski definition) is 4. The summed E-state index contributed by atoms with van der Waals surface area (Å²) in [6.45, 7) is 0.620. The molecule has 0 aliphatic rings. The first kappa shape index (κ1) is 10.2. The van der Waals surface area contributed by atoms with Crippen molar-refractivity contribution >= 4 is 17.3 Å². The molecule has 0 saturated heterocycles. The number of nitrogens with two attached hydrogens (primary N) is 1. The standard InChI is InChI=1S/C9H13NO2S/c1-12-9(11)6-7-3-5-13-8(7)2-4-10/h3,5H,2,4,6,10H2,1H3. The summed E-state index contributed by atoms with van der Waals surface area (Å²) >= 11 is 1.64. The van der Waals surface area contributed by atoms with Crippen molar-refractivity contribution in [2.24, 2.45) is 5.73 Å². The molecule has 1 aromatic rings. The number of esters is 1. The van der Waals surface area contributed by atoms with E-state index in [1.165, 1.54) is 12.0 Å². The lowest BCUT2D eigenvalue weighted by Gasteiger charge is -2.00. The zero-order valence-corrected chi connectivity index (χ0v) is 8.39. The Morgan fingerprint density at radius 2 is 2.46 bits per heavy atom. The summed E-state index contributed by atoms with van der Waals surface area (Å²) in [5, 5.41) is 1.98. The topological polar surface area (TPSA) is 52.3 Å². The predicted octanol–water partition coefficient (Wildman–Crippen LogP) is 0.965. The van der Waals surface area contributed by atoms with Crippen molar-refractivity contribution in [1.82, 2.24) is 0 Å². The van der Waals surface area contributed by atoms with Crippen LogP contribution in [0.25, 0.3) is 0 Å². The molecule has 0 bridgehead atoms. The molecule has 72 valence electrons. The van der Waals surface area contributed by atoms with E-state index in [-0.39, 0.29) is 5.97 Å². The van der Waals surface area contributed by atoms with E-state index in [0.717, 1.165) is 12.0 Å². The third-order valence-corrected chi connectivity index (χ3v) is 2.79. The van der Waals surface area contributed by atoms with Gasteiger partial charge >= 0.3 is 5.97 Å². The molecule has 1 rings (SSSR count). The summed E-state index contributed by atoms with van der Waals surface area (Å²) in [6.07, 6.45) is 1.19. The van der Waals surface area contributed by atoms with E-state index in [0.29, 0.717) is 13.0 Å². The molecular weight excluding hydrogens is 186 g/mol. The zero-order valence-electron chi connectivity index (χ0n) is 7.58. The molecule has 1 heterocycles. The first-order chi connectivity index (χ1) is 6.27. The molecule has 0 fully saturated rings. The smallest absolute Gasteiger partial charge is 0.310 e. The van der Waals surface area contributed by atoms with Gasteiger partial charge in [0.25, 0.3) is 0 Å². The van der Waals surface area contributed by atoms with Gasteiger partial charge in [0.05, 0.1) is 13.5 Å². The fourth-order valence-corrected chi connectivity index (χ4v) is 2.03. The molecule has 3 nitrogen and oxygen atoms in total. The third-order valence-electron chi connectivity index (χ3n) is 1.77. The molecule has 0 amide bonds. The summed E-state index contributed by atoms with van der Waals surface area (Å²) in [7, 11) is 1.40. The van der Waals surface area contributed by atoms with Crippen LogP contribution in [0.2, 0.25) is 0 Å². The van der Waals surface area contributed by atoms with Gasteiger partial charge in [-0.3, -0.25) is 4.79 Å². The molecule has 1 aromatic heterocycles. The lowest BCUT2D eigenvalue weighted by molar-refractivity contribution is -0.139. The van der Waals surface area contributed by atoms with E-state index in [2.05, 4.69) is 4.74 Å². The molecule has 0 aromatic carbocycles. The Labute approximate surface area is 81.5 Å². The summed E-state index contributed by atoms with van der Waals surface area (Å²) in [4.78, 5) is 12.2. The molecule has 0 aliphatic carbocycles. The largest absolute Gasteiger partial charge is 0.469 e. The number of carbonyl (C=O) groups is 1. The Kier molecular flexibility index (Phi) is 3.92. The number of rotatable bonds is 4. The Hall–Kier alpha value is -0.870. The molecule has 13 heavy (non-hydrogen) atoms. The van der Waals surface area contributed by atoms with Crippen molar-refractivity contribution in [2.45, 2.75) is 12.8 Å². The predicted molar refractivity (Wildman–Crippen MR) is 52.8 cm³/mol. The van der Waals surface area contributed by atoms with Crippen LogP contribution in [0.4, 0.5) is 0 Å². The lowest BCUT2D eigenvalue weighted by atomic mass is 10.1. The van der Waals surface area contributed by atoms with Crippen LogP contribution in [0, 0.1) is 0 Å². The second-order valence-corrected chi connectivity index (χ2v) is 3.66. The molecule has 0 unspecified atom stereocenters. The second-order valence-electron chi connectivity index (χ2n) is 2.66. The SMILES string of the molecule is COC(=O)Cc1ccsc1CCN. The average molecular weight is 199 g/mol. The van der Waals surface area contributed by atoms with E-state index in [1.807, 2.05) is 11.4 Å². The van der Waals surface area contributed by atoms with E-state index >= 15 is 0 Å². The zero-order chi connectivity index (χ0) is 9.68. The van der Waals surface area contributed by atoms with Crippen molar-refractivity contribution in [3.8, 4) is 0 Å². The van der Waals surface area contributed by atoms with E-state index in [4.69, 9.17) is 5.73 Å². The van der Waals surface area contributed by atoms with Gasteiger partial charge < -0.3 is 10.5 Å². The van der Waals surface area contributed by atoms with E-state index in [9.17, 15) is 4.79 Å². The molecule has 4 heteroatoms. The monoisotopic (exact) mass is 199 g/mol. The maximum absolute atomic E-state index is 11.0. The van der Waals surface area contributed by atoms with Crippen LogP contribution in [0.3, 0.4) is 0 Å². The quantitative estimate of drug-likeness (QED) is 0.735. The van der Waals surface area contributed by atoms with E-state index in [1.54, 1.807) is 11.3 Å². The van der Waals surface area contributed by atoms with E-state index < -0.39 is 0 Å². The van der Waals surface area contributed by atoms with Crippen molar-refractivity contribution in [2.75, 3.05) is 13.7 Å². The van der Waals surface area contributed by atoms with Crippen LogP contribution in [0.5, 0.6) is 0 Å². The van der Waals surface area contributed by atoms with Crippen LogP contribution >= 0.6 is 11.3 Å². The van der Waals surface area contributed by atoms with Gasteiger partial charge in [0.2, 0.25) is 0 Å². The maximum Gasteiger partial charge on any atom is 0.310 e. The Morgan fingerprint density at radius 1 is 1.69 bits per heavy atom. The Morgan fingerprint density at radius 3 is 3.08 bits per heavy atom. The molecule has 0 aliphatic heterocycles. The van der Waals surface area contributed by atoms with Gasteiger partial charge in [0.1, 0.15) is 0 Å². The molecule has 0 radical (unpaired) electrons. The first-order valence-electron chi connectivity index (χ1n) is 4.10. The van der Waals surface area contributed by atoms with Gasteiger partial charge in [-0.2, -0.15) is 0 Å². The molecule has 0 spiro atoms. The number of hydrogen-bond donors (Lipinski definition) is 1. The number of ether oxygens (including phenoxy) is 1. The normalized spacial score (nSPS) is 10.0. The summed E-state index contributed by atoms with van der Waals surface area (Å²) in [5.41, 5.74) is 6.49.